The van der Waals surface area contributed by atoms with E-state index in [-0.39, 0.29) is 30.9 Å². The second-order valence-corrected chi connectivity index (χ2v) is 6.71. The molecule has 2 heterocycles. The van der Waals surface area contributed by atoms with Gasteiger partial charge in [0.15, 0.2) is 6.23 Å². The van der Waals surface area contributed by atoms with Crippen LogP contribution >= 0.6 is 0 Å². The summed E-state index contributed by atoms with van der Waals surface area (Å²) in [5.41, 5.74) is 10.0. The van der Waals surface area contributed by atoms with Crippen molar-refractivity contribution in [3.63, 3.8) is 0 Å². The number of hydrogen-bond acceptors (Lipinski definition) is 5. The van der Waals surface area contributed by atoms with Crippen LogP contribution in [0.3, 0.4) is 0 Å². The Morgan fingerprint density at radius 2 is 2.04 bits per heavy atom. The van der Waals surface area contributed by atoms with Crippen molar-refractivity contribution in [2.75, 3.05) is 13.1 Å². The predicted octanol–water partition coefficient (Wildman–Crippen LogP) is 3.03. The fourth-order valence-electron chi connectivity index (χ4n) is 3.77. The maximum absolute atomic E-state index is 13.3. The lowest BCUT2D eigenvalue weighted by molar-refractivity contribution is -0.164. The van der Waals surface area contributed by atoms with Crippen molar-refractivity contribution in [3.8, 4) is 0 Å². The highest BCUT2D eigenvalue weighted by Crippen LogP contribution is 2.30. The molecule has 27 heavy (non-hydrogen) atoms. The topological polar surface area (TPSA) is 98.6 Å². The van der Waals surface area contributed by atoms with Gasteiger partial charge >= 0.3 is 0 Å². The Hall–Kier alpha value is -2.93. The zero-order chi connectivity index (χ0) is 19.0. The highest BCUT2D eigenvalue weighted by Gasteiger charge is 2.40. The molecule has 0 bridgehead atoms. The number of amides is 2. The fraction of sp³-hybridized carbons (Fsp3) is 0.368. The Kier molecular flexibility index (Phi) is 4.53. The average molecular weight is 365 g/mol. The van der Waals surface area contributed by atoms with Crippen LogP contribution in [0.4, 0.5) is 0 Å². The number of nitrogens with zero attached hydrogens (tertiary/aromatic N) is 5. The van der Waals surface area contributed by atoms with Gasteiger partial charge < -0.3 is 4.74 Å². The second-order valence-electron chi connectivity index (χ2n) is 6.71. The molecule has 8 nitrogen and oxygen atoms in total. The van der Waals surface area contributed by atoms with E-state index in [9.17, 15) is 9.59 Å². The van der Waals surface area contributed by atoms with E-state index in [1.807, 2.05) is 43.3 Å². The third kappa shape index (κ3) is 3.04. The summed E-state index contributed by atoms with van der Waals surface area (Å²) in [4.78, 5) is 28.9. The standard InChI is InChI=1S/C19H19N5O3/c1-2-14-10-23(11-16(27-14)21-22-20)24-17(25)9-13-8-7-12-5-3-4-6-15(12)18(13)19(24)26/h3-8,14,16H,2,9-11H2,1H3. The van der Waals surface area contributed by atoms with Crippen LogP contribution in [-0.2, 0) is 16.0 Å². The molecule has 0 radical (unpaired) electrons. The Morgan fingerprint density at radius 1 is 1.22 bits per heavy atom. The highest BCUT2D eigenvalue weighted by atomic mass is 16.5. The summed E-state index contributed by atoms with van der Waals surface area (Å²) in [6.07, 6.45) is -0.109. The van der Waals surface area contributed by atoms with Crippen molar-refractivity contribution in [2.45, 2.75) is 32.1 Å². The fourth-order valence-corrected chi connectivity index (χ4v) is 3.77. The number of imide groups is 1. The lowest BCUT2D eigenvalue weighted by atomic mass is 9.93. The van der Waals surface area contributed by atoms with Crippen LogP contribution in [0.1, 0.15) is 29.3 Å². The van der Waals surface area contributed by atoms with Gasteiger partial charge in [0, 0.05) is 11.5 Å². The van der Waals surface area contributed by atoms with Crippen LogP contribution in [0.2, 0.25) is 0 Å². The van der Waals surface area contributed by atoms with Gasteiger partial charge in [0.05, 0.1) is 24.6 Å². The summed E-state index contributed by atoms with van der Waals surface area (Å²) in [7, 11) is 0. The number of morpholine rings is 1. The van der Waals surface area contributed by atoms with Crippen molar-refractivity contribution in [1.29, 1.82) is 0 Å². The zero-order valence-corrected chi connectivity index (χ0v) is 14.9. The molecule has 2 amide bonds. The van der Waals surface area contributed by atoms with Gasteiger partial charge in [-0.1, -0.05) is 48.4 Å². The van der Waals surface area contributed by atoms with Crippen molar-refractivity contribution in [3.05, 3.63) is 58.0 Å². The van der Waals surface area contributed by atoms with Gasteiger partial charge in [-0.25, -0.2) is 10.0 Å². The molecule has 2 unspecified atom stereocenters. The van der Waals surface area contributed by atoms with E-state index >= 15 is 0 Å². The minimum atomic E-state index is -0.733. The van der Waals surface area contributed by atoms with Crippen LogP contribution in [0.15, 0.2) is 41.5 Å². The Bertz CT molecular complexity index is 969. The molecule has 2 aromatic rings. The molecule has 0 N–H and O–H groups in total. The van der Waals surface area contributed by atoms with Crippen LogP contribution in [0.5, 0.6) is 0 Å². The number of carbonyl (C=O) groups excluding carboxylic acids is 2. The lowest BCUT2D eigenvalue weighted by Gasteiger charge is -2.42. The van der Waals surface area contributed by atoms with E-state index in [0.717, 1.165) is 16.3 Å². The summed E-state index contributed by atoms with van der Waals surface area (Å²) in [5, 5.41) is 8.30. The quantitative estimate of drug-likeness (QED) is 0.361. The van der Waals surface area contributed by atoms with E-state index in [0.29, 0.717) is 18.5 Å². The maximum Gasteiger partial charge on any atom is 0.276 e. The van der Waals surface area contributed by atoms with Gasteiger partial charge in [0.25, 0.3) is 5.91 Å². The monoisotopic (exact) mass is 365 g/mol. The first-order valence-electron chi connectivity index (χ1n) is 8.94. The normalized spacial score (nSPS) is 23.2. The Morgan fingerprint density at radius 3 is 2.81 bits per heavy atom. The van der Waals surface area contributed by atoms with Gasteiger partial charge in [-0.05, 0) is 28.3 Å². The van der Waals surface area contributed by atoms with Gasteiger partial charge in [-0.2, -0.15) is 0 Å². The first-order chi connectivity index (χ1) is 13.1. The molecule has 0 spiro atoms. The van der Waals surface area contributed by atoms with Crippen LogP contribution in [0, 0.1) is 0 Å². The number of fused-ring (bicyclic) bond motifs is 3. The number of hydrogen-bond donors (Lipinski definition) is 0. The second kappa shape index (κ2) is 7.00. The van der Waals surface area contributed by atoms with Crippen LogP contribution in [0.25, 0.3) is 21.2 Å². The third-order valence-electron chi connectivity index (χ3n) is 5.05. The average Bonchev–Trinajstić information content (AvgIpc) is 2.67. The molecule has 0 aliphatic carbocycles. The number of benzene rings is 2. The van der Waals surface area contributed by atoms with Gasteiger partial charge in [-0.15, -0.1) is 0 Å². The minimum absolute atomic E-state index is 0.159. The molecule has 8 heteroatoms. The lowest BCUT2D eigenvalue weighted by Crippen LogP contribution is -2.59. The molecule has 1 saturated heterocycles. The molecule has 2 atom stereocenters. The number of rotatable bonds is 3. The molecule has 2 aromatic carbocycles. The SMILES string of the molecule is CCC1CN(N2C(=O)Cc3ccc4ccccc4c3C2=O)CC(N=[N+]=[N-])O1. The van der Waals surface area contributed by atoms with Crippen LogP contribution < -0.4 is 0 Å². The molecule has 138 valence electrons. The largest absolute Gasteiger partial charge is 0.366 e. The highest BCUT2D eigenvalue weighted by molar-refractivity contribution is 6.16. The first kappa shape index (κ1) is 17.5. The molecule has 4 rings (SSSR count). The summed E-state index contributed by atoms with van der Waals surface area (Å²) < 4.78 is 5.70. The number of ether oxygens (including phenoxy) is 1. The molecule has 0 aromatic heterocycles. The maximum atomic E-state index is 13.3. The molecular formula is C19H19N5O3. The Balaban J connectivity index is 1.74. The molecule has 2 aliphatic heterocycles. The molecule has 0 saturated carbocycles. The predicted molar refractivity (Wildman–Crippen MR) is 98.5 cm³/mol. The van der Waals surface area contributed by atoms with Crippen molar-refractivity contribution in [1.82, 2.24) is 10.0 Å². The summed E-state index contributed by atoms with van der Waals surface area (Å²) in [6.45, 7) is 2.51. The van der Waals surface area contributed by atoms with Crippen LogP contribution in [-0.4, -0.2) is 47.3 Å². The zero-order valence-electron chi connectivity index (χ0n) is 14.9. The van der Waals surface area contributed by atoms with E-state index in [4.69, 9.17) is 10.3 Å². The Labute approximate surface area is 155 Å². The molecular weight excluding hydrogens is 346 g/mol. The van der Waals surface area contributed by atoms with Crippen molar-refractivity contribution >= 4 is 22.6 Å². The number of azide groups is 1. The van der Waals surface area contributed by atoms with E-state index in [1.54, 1.807) is 5.01 Å². The summed E-state index contributed by atoms with van der Waals surface area (Å²) in [6, 6.07) is 11.4. The molecule has 1 fully saturated rings. The van der Waals surface area contributed by atoms with E-state index < -0.39 is 6.23 Å². The summed E-state index contributed by atoms with van der Waals surface area (Å²) >= 11 is 0. The van der Waals surface area contributed by atoms with Crippen molar-refractivity contribution < 1.29 is 14.3 Å². The van der Waals surface area contributed by atoms with E-state index in [2.05, 4.69) is 10.0 Å². The molecule has 2 aliphatic rings. The summed E-state index contributed by atoms with van der Waals surface area (Å²) in [5.74, 6) is -0.617. The first-order valence-corrected chi connectivity index (χ1v) is 8.94. The minimum Gasteiger partial charge on any atom is -0.366 e. The third-order valence-corrected chi connectivity index (χ3v) is 5.05. The van der Waals surface area contributed by atoms with Crippen molar-refractivity contribution in [2.24, 2.45) is 5.11 Å². The number of hydrazine groups is 1. The smallest absolute Gasteiger partial charge is 0.276 e. The van der Waals surface area contributed by atoms with Gasteiger partial charge in [-0.3, -0.25) is 9.59 Å². The van der Waals surface area contributed by atoms with Gasteiger partial charge in [0.2, 0.25) is 5.91 Å². The number of carbonyl (C=O) groups is 2. The van der Waals surface area contributed by atoms with Gasteiger partial charge in [0.1, 0.15) is 0 Å². The van der Waals surface area contributed by atoms with E-state index in [1.165, 1.54) is 5.01 Å².